The monoisotopic (exact) mass is 279 g/mol. The number of nitrogens with one attached hydrogen (secondary N) is 1. The lowest BCUT2D eigenvalue weighted by atomic mass is 10.2. The Morgan fingerprint density at radius 3 is 2.89 bits per heavy atom. The maximum atomic E-state index is 11.9. The Hall–Kier alpha value is -2.07. The molecule has 0 aliphatic carbocycles. The molecule has 0 heterocycles. The molecule has 0 amide bonds. The van der Waals surface area contributed by atoms with Crippen LogP contribution in [0.5, 0.6) is 0 Å². The van der Waals surface area contributed by atoms with Crippen LogP contribution in [0, 0.1) is 11.3 Å². The highest BCUT2D eigenvalue weighted by Gasteiger charge is 2.13. The van der Waals surface area contributed by atoms with Crippen molar-refractivity contribution in [2.45, 2.75) is 17.7 Å². The van der Waals surface area contributed by atoms with Crippen LogP contribution in [0.25, 0.3) is 10.4 Å². The fourth-order valence-electron chi connectivity index (χ4n) is 1.37. The van der Waals surface area contributed by atoms with Gasteiger partial charge in [-0.25, -0.2) is 13.1 Å². The van der Waals surface area contributed by atoms with Crippen LogP contribution in [-0.4, -0.2) is 21.5 Å². The van der Waals surface area contributed by atoms with Crippen LogP contribution in [0.4, 0.5) is 0 Å². The molecule has 0 fully saturated rings. The van der Waals surface area contributed by atoms with E-state index in [-0.39, 0.29) is 11.4 Å². The van der Waals surface area contributed by atoms with E-state index < -0.39 is 10.0 Å². The summed E-state index contributed by atoms with van der Waals surface area (Å²) >= 11 is 0. The average Bonchev–Trinajstić information content (AvgIpc) is 2.43. The van der Waals surface area contributed by atoms with Gasteiger partial charge in [-0.2, -0.15) is 5.26 Å². The molecule has 1 rings (SSSR count). The summed E-state index contributed by atoms with van der Waals surface area (Å²) < 4.78 is 26.2. The van der Waals surface area contributed by atoms with Gasteiger partial charge >= 0.3 is 0 Å². The van der Waals surface area contributed by atoms with Crippen LogP contribution in [0.15, 0.2) is 34.3 Å². The molecular formula is C11H13N5O2S. The van der Waals surface area contributed by atoms with Gasteiger partial charge in [-0.15, -0.1) is 0 Å². The first-order valence-corrected chi connectivity index (χ1v) is 7.09. The van der Waals surface area contributed by atoms with E-state index in [1.807, 2.05) is 6.07 Å². The van der Waals surface area contributed by atoms with E-state index in [1.165, 1.54) is 18.2 Å². The zero-order valence-electron chi connectivity index (χ0n) is 10.2. The van der Waals surface area contributed by atoms with Gasteiger partial charge in [0, 0.05) is 18.0 Å². The third-order valence-corrected chi connectivity index (χ3v) is 3.77. The van der Waals surface area contributed by atoms with E-state index in [1.54, 1.807) is 6.07 Å². The van der Waals surface area contributed by atoms with Crippen molar-refractivity contribution in [3.63, 3.8) is 0 Å². The van der Waals surface area contributed by atoms with Crippen molar-refractivity contribution in [1.29, 1.82) is 5.26 Å². The topological polar surface area (TPSA) is 119 Å². The second-order valence-electron chi connectivity index (χ2n) is 3.70. The summed E-state index contributed by atoms with van der Waals surface area (Å²) in [6.45, 7) is 0.613. The number of nitrogens with zero attached hydrogens (tertiary/aromatic N) is 4. The molecule has 1 aromatic carbocycles. The predicted molar refractivity (Wildman–Crippen MR) is 69.6 cm³/mol. The lowest BCUT2D eigenvalue weighted by molar-refractivity contribution is 0.577. The fourth-order valence-corrected chi connectivity index (χ4v) is 2.49. The summed E-state index contributed by atoms with van der Waals surface area (Å²) in [5.41, 5.74) is 8.37. The van der Waals surface area contributed by atoms with Gasteiger partial charge in [0.1, 0.15) is 0 Å². The average molecular weight is 279 g/mol. The Morgan fingerprint density at radius 2 is 2.21 bits per heavy atom. The van der Waals surface area contributed by atoms with Crippen LogP contribution in [0.3, 0.4) is 0 Å². The molecule has 0 atom stereocenters. The van der Waals surface area contributed by atoms with Crippen LogP contribution in [0.2, 0.25) is 0 Å². The number of unbranched alkanes of at least 4 members (excludes halogenated alkanes) is 1. The van der Waals surface area contributed by atoms with Crippen LogP contribution >= 0.6 is 0 Å². The normalized spacial score (nSPS) is 10.5. The molecule has 0 unspecified atom stereocenters. The highest BCUT2D eigenvalue weighted by Crippen LogP contribution is 2.10. The number of hydrogen-bond acceptors (Lipinski definition) is 4. The molecule has 0 bridgehead atoms. The quantitative estimate of drug-likeness (QED) is 0.355. The van der Waals surface area contributed by atoms with Gasteiger partial charge in [0.25, 0.3) is 0 Å². The van der Waals surface area contributed by atoms with Crippen LogP contribution < -0.4 is 4.72 Å². The maximum Gasteiger partial charge on any atom is 0.240 e. The third kappa shape index (κ3) is 4.97. The first-order chi connectivity index (χ1) is 9.10. The van der Waals surface area contributed by atoms with Gasteiger partial charge in [0.2, 0.25) is 10.0 Å². The molecular weight excluding hydrogens is 266 g/mol. The van der Waals surface area contributed by atoms with Gasteiger partial charge in [-0.1, -0.05) is 11.2 Å². The van der Waals surface area contributed by atoms with E-state index >= 15 is 0 Å². The maximum absolute atomic E-state index is 11.9. The molecule has 0 spiro atoms. The van der Waals surface area contributed by atoms with E-state index in [9.17, 15) is 8.42 Å². The Balaban J connectivity index is 2.56. The Morgan fingerprint density at radius 1 is 1.42 bits per heavy atom. The Labute approximate surface area is 111 Å². The number of azide groups is 1. The van der Waals surface area contributed by atoms with Gasteiger partial charge in [0.15, 0.2) is 0 Å². The fraction of sp³-hybridized carbons (Fsp3) is 0.364. The number of nitriles is 1. The summed E-state index contributed by atoms with van der Waals surface area (Å²) in [5.74, 6) is 0. The molecule has 1 N–H and O–H groups in total. The molecule has 0 aliphatic rings. The molecule has 7 nitrogen and oxygen atoms in total. The Kier molecular flexibility index (Phi) is 5.82. The van der Waals surface area contributed by atoms with Crippen LogP contribution in [-0.2, 0) is 10.0 Å². The minimum absolute atomic E-state index is 0.0709. The summed E-state index contributed by atoms with van der Waals surface area (Å²) in [4.78, 5) is 2.68. The molecule has 0 radical (unpaired) electrons. The summed E-state index contributed by atoms with van der Waals surface area (Å²) in [6.07, 6.45) is 1.20. The van der Waals surface area contributed by atoms with Gasteiger partial charge < -0.3 is 0 Å². The molecule has 0 aliphatic heterocycles. The van der Waals surface area contributed by atoms with E-state index in [0.29, 0.717) is 24.9 Å². The number of rotatable bonds is 7. The van der Waals surface area contributed by atoms with Crippen molar-refractivity contribution in [2.75, 3.05) is 13.1 Å². The van der Waals surface area contributed by atoms with Crippen molar-refractivity contribution in [2.24, 2.45) is 5.11 Å². The minimum atomic E-state index is -3.59. The van der Waals surface area contributed by atoms with Crippen molar-refractivity contribution in [1.82, 2.24) is 4.72 Å². The minimum Gasteiger partial charge on any atom is -0.211 e. The first-order valence-electron chi connectivity index (χ1n) is 5.61. The highest BCUT2D eigenvalue weighted by atomic mass is 32.2. The summed E-state index contributed by atoms with van der Waals surface area (Å²) in [6, 6.07) is 7.71. The lowest BCUT2D eigenvalue weighted by Crippen LogP contribution is -2.24. The second-order valence-corrected chi connectivity index (χ2v) is 5.47. The SMILES string of the molecule is N#Cc1cccc(S(=O)(=O)NCCCCN=[N+]=[N-])c1. The lowest BCUT2D eigenvalue weighted by Gasteiger charge is -2.06. The van der Waals surface area contributed by atoms with Gasteiger partial charge in [0.05, 0.1) is 16.5 Å². The molecule has 0 saturated carbocycles. The van der Waals surface area contributed by atoms with E-state index in [2.05, 4.69) is 14.7 Å². The van der Waals surface area contributed by atoms with Crippen molar-refractivity contribution >= 4 is 10.0 Å². The molecule has 1 aromatic rings. The molecule has 8 heteroatoms. The highest BCUT2D eigenvalue weighted by molar-refractivity contribution is 7.89. The van der Waals surface area contributed by atoms with E-state index in [4.69, 9.17) is 10.8 Å². The predicted octanol–water partition coefficient (Wildman–Crippen LogP) is 1.93. The number of hydrogen-bond donors (Lipinski definition) is 1. The Bertz CT molecular complexity index is 614. The molecule has 19 heavy (non-hydrogen) atoms. The van der Waals surface area contributed by atoms with Crippen molar-refractivity contribution in [3.05, 3.63) is 40.3 Å². The number of sulfonamides is 1. The van der Waals surface area contributed by atoms with E-state index in [0.717, 1.165) is 0 Å². The standard InChI is InChI=1S/C11H13N5O2S/c12-9-10-4-3-5-11(8-10)19(17,18)15-7-2-1-6-14-16-13/h3-5,8,15H,1-2,6-7H2. The zero-order valence-corrected chi connectivity index (χ0v) is 11.0. The van der Waals surface area contributed by atoms with Crippen molar-refractivity contribution < 1.29 is 8.42 Å². The van der Waals surface area contributed by atoms with Gasteiger partial charge in [-0.05, 0) is 36.6 Å². The van der Waals surface area contributed by atoms with Gasteiger partial charge in [-0.3, -0.25) is 0 Å². The smallest absolute Gasteiger partial charge is 0.211 e. The van der Waals surface area contributed by atoms with Crippen LogP contribution in [0.1, 0.15) is 18.4 Å². The largest absolute Gasteiger partial charge is 0.240 e. The molecule has 0 aromatic heterocycles. The second kappa shape index (κ2) is 7.38. The van der Waals surface area contributed by atoms with Crippen molar-refractivity contribution in [3.8, 4) is 6.07 Å². The summed E-state index contributed by atoms with van der Waals surface area (Å²) in [5, 5.41) is 12.1. The first kappa shape index (κ1) is 15.0. The zero-order chi connectivity index (χ0) is 14.1. The number of benzene rings is 1. The molecule has 0 saturated heterocycles. The summed E-state index contributed by atoms with van der Waals surface area (Å²) in [7, 11) is -3.59. The third-order valence-electron chi connectivity index (χ3n) is 2.31. The molecule has 100 valence electrons.